The van der Waals surface area contributed by atoms with Gasteiger partial charge >= 0.3 is 0 Å². The van der Waals surface area contributed by atoms with Crippen molar-refractivity contribution in [3.8, 4) is 11.5 Å². The van der Waals surface area contributed by atoms with Crippen LogP contribution in [-0.4, -0.2) is 114 Å². The highest BCUT2D eigenvalue weighted by molar-refractivity contribution is 6.27. The summed E-state index contributed by atoms with van der Waals surface area (Å²) in [6.45, 7) is 3.70. The zero-order valence-electron chi connectivity index (χ0n) is 28.9. The number of aromatic nitrogens is 2. The van der Waals surface area contributed by atoms with Crippen LogP contribution >= 0.6 is 0 Å². The van der Waals surface area contributed by atoms with E-state index in [1.54, 1.807) is 43.3 Å². The van der Waals surface area contributed by atoms with E-state index in [1.165, 1.54) is 26.0 Å². The van der Waals surface area contributed by atoms with Crippen molar-refractivity contribution in [3.63, 3.8) is 0 Å². The van der Waals surface area contributed by atoms with E-state index in [-0.39, 0.29) is 98.7 Å². The van der Waals surface area contributed by atoms with Gasteiger partial charge in [-0.3, -0.25) is 34.0 Å². The molecule has 0 saturated carbocycles. The maximum atomic E-state index is 13.6. The predicted octanol–water partition coefficient (Wildman–Crippen LogP) is 2.97. The number of imide groups is 2. The molecule has 3 aliphatic rings. The zero-order chi connectivity index (χ0) is 36.4. The number of ether oxygens (including phenoxy) is 2. The quantitative estimate of drug-likeness (QED) is 0.103. The van der Waals surface area contributed by atoms with E-state index >= 15 is 0 Å². The molecule has 1 fully saturated rings. The summed E-state index contributed by atoms with van der Waals surface area (Å²) >= 11 is 0. The number of methoxy groups -OCH3 is 2. The lowest BCUT2D eigenvalue weighted by atomic mass is 10.0. The molecule has 2 aromatic heterocycles. The summed E-state index contributed by atoms with van der Waals surface area (Å²) in [6.07, 6.45) is 0.491. The first-order valence-electron chi connectivity index (χ1n) is 16.9. The number of benzene rings is 2. The maximum absolute atomic E-state index is 13.6. The molecule has 0 spiro atoms. The van der Waals surface area contributed by atoms with Crippen LogP contribution < -0.4 is 14.2 Å². The summed E-state index contributed by atoms with van der Waals surface area (Å²) in [4.78, 5) is 60.4. The van der Waals surface area contributed by atoms with Crippen molar-refractivity contribution in [1.82, 2.24) is 14.8 Å². The number of rotatable bonds is 10. The second-order valence-electron chi connectivity index (χ2n) is 13.5. The largest absolute Gasteiger partial charge is 0.632 e. The third-order valence-electron chi connectivity index (χ3n) is 10.5. The molecule has 0 radical (unpaired) electrons. The van der Waals surface area contributed by atoms with Gasteiger partial charge in [-0.2, -0.15) is 4.73 Å². The number of pyridine rings is 2. The molecule has 3 aliphatic heterocycles. The van der Waals surface area contributed by atoms with Crippen molar-refractivity contribution in [2.24, 2.45) is 0 Å². The first-order valence-corrected chi connectivity index (χ1v) is 16.9. The minimum atomic E-state index is -0.633. The molecule has 2 aromatic carbocycles. The Balaban J connectivity index is 0.947. The molecule has 0 bridgehead atoms. The van der Waals surface area contributed by atoms with E-state index < -0.39 is 32.9 Å². The average molecular weight is 699 g/mol. The fourth-order valence-electron chi connectivity index (χ4n) is 7.64. The van der Waals surface area contributed by atoms with E-state index in [0.29, 0.717) is 38.2 Å². The van der Waals surface area contributed by atoms with Crippen LogP contribution in [0.4, 0.5) is 0 Å². The number of amides is 4. The Labute approximate surface area is 293 Å². The number of piperazine rings is 1. The number of aryl methyl sites for hydroxylation is 1. The summed E-state index contributed by atoms with van der Waals surface area (Å²) in [7, 11) is 2.98. The number of fused-ring (bicyclic) bond motifs is 6. The Hall–Kier alpha value is -5.22. The van der Waals surface area contributed by atoms with Crippen LogP contribution in [0.25, 0.3) is 21.8 Å². The van der Waals surface area contributed by atoms with Crippen molar-refractivity contribution in [2.75, 3.05) is 66.6 Å². The van der Waals surface area contributed by atoms with Gasteiger partial charge in [0.25, 0.3) is 23.6 Å². The Kier molecular flexibility index (Phi) is 8.41. The molecule has 0 unspecified atom stereocenters. The minimum absolute atomic E-state index is 0.00688. The predicted molar refractivity (Wildman–Crippen MR) is 184 cm³/mol. The third kappa shape index (κ3) is 5.62. The van der Waals surface area contributed by atoms with Crippen LogP contribution in [0.1, 0.15) is 65.7 Å². The first-order chi connectivity index (χ1) is 24.3. The smallest absolute Gasteiger partial charge is 0.267 e. The SMILES string of the molecule is COc1ccc2nc(C)c3c(c2c1)C(=O)N(CCC[N+]1([O-])CC[N+]([O-])(CCCN2C(=O)c4c(c5cc(OC)ccc5[n+]([O-])c4C)C2=O)CC1)C3=O. The van der Waals surface area contributed by atoms with Crippen molar-refractivity contribution >= 4 is 45.4 Å². The summed E-state index contributed by atoms with van der Waals surface area (Å²) < 4.78 is 9.97. The van der Waals surface area contributed by atoms with E-state index in [1.807, 2.05) is 0 Å². The number of carbonyl (C=O) groups is 4. The first kappa shape index (κ1) is 34.2. The van der Waals surface area contributed by atoms with Gasteiger partial charge in [0.2, 0.25) is 11.2 Å². The molecule has 1 saturated heterocycles. The van der Waals surface area contributed by atoms with Crippen LogP contribution in [-0.2, 0) is 0 Å². The van der Waals surface area contributed by atoms with Crippen molar-refractivity contribution in [1.29, 1.82) is 0 Å². The van der Waals surface area contributed by atoms with E-state index in [9.17, 15) is 34.8 Å². The molecule has 15 heteroatoms. The molecule has 0 aliphatic carbocycles. The minimum Gasteiger partial charge on any atom is -0.632 e. The second-order valence-corrected chi connectivity index (χ2v) is 13.5. The van der Waals surface area contributed by atoms with Gasteiger partial charge in [0.15, 0.2) is 0 Å². The highest BCUT2D eigenvalue weighted by atomic mass is 16.6. The average Bonchev–Trinajstić information content (AvgIpc) is 3.53. The summed E-state index contributed by atoms with van der Waals surface area (Å²) in [5.74, 6) is -1.000. The molecule has 0 atom stereocenters. The van der Waals surface area contributed by atoms with Gasteiger partial charge in [-0.05, 0) is 37.3 Å². The van der Waals surface area contributed by atoms with Crippen LogP contribution in [0.15, 0.2) is 36.4 Å². The van der Waals surface area contributed by atoms with E-state index in [0.717, 1.165) is 4.90 Å². The van der Waals surface area contributed by atoms with Crippen molar-refractivity contribution in [3.05, 3.63) is 85.7 Å². The molecule has 7 rings (SSSR count). The molecule has 4 amide bonds. The number of hydrogen-bond donors (Lipinski definition) is 0. The second kappa shape index (κ2) is 12.5. The number of carbonyl (C=O) groups excluding carboxylic acids is 4. The lowest BCUT2D eigenvalue weighted by Gasteiger charge is -2.54. The number of nitrogens with zero attached hydrogens (tertiary/aromatic N) is 6. The topological polar surface area (TPSA) is 179 Å². The molecule has 4 aromatic rings. The van der Waals surface area contributed by atoms with Gasteiger partial charge in [-0.15, -0.1) is 0 Å². The summed E-state index contributed by atoms with van der Waals surface area (Å²) in [5.41, 5.74) is 2.16. The molecule has 5 heterocycles. The fourth-order valence-corrected chi connectivity index (χ4v) is 7.64. The van der Waals surface area contributed by atoms with Gasteiger partial charge in [-0.1, -0.05) is 0 Å². The number of quaternary nitrogens is 2. The zero-order valence-corrected chi connectivity index (χ0v) is 28.9. The number of hydroxylamine groups is 6. The van der Waals surface area contributed by atoms with Crippen LogP contribution in [0.2, 0.25) is 0 Å². The third-order valence-corrected chi connectivity index (χ3v) is 10.5. The van der Waals surface area contributed by atoms with Crippen LogP contribution in [0.5, 0.6) is 11.5 Å². The highest BCUT2D eigenvalue weighted by Gasteiger charge is 2.43. The lowest BCUT2D eigenvalue weighted by molar-refractivity contribution is -0.989. The van der Waals surface area contributed by atoms with Crippen molar-refractivity contribution < 1.29 is 42.7 Å². The van der Waals surface area contributed by atoms with Gasteiger partial charge in [-0.25, -0.2) is 0 Å². The Morgan fingerprint density at radius 3 is 1.73 bits per heavy atom. The normalized spacial score (nSPS) is 21.6. The molecular formula is C36H38N6O9. The Morgan fingerprint density at radius 2 is 1.18 bits per heavy atom. The molecular weight excluding hydrogens is 660 g/mol. The Bertz CT molecular complexity index is 2160. The van der Waals surface area contributed by atoms with E-state index in [2.05, 4.69) is 4.98 Å². The molecule has 15 nitrogen and oxygen atoms in total. The molecule has 266 valence electrons. The fraction of sp³-hybridized carbons (Fsp3) is 0.389. The van der Waals surface area contributed by atoms with Crippen LogP contribution in [0, 0.1) is 29.5 Å². The summed E-state index contributed by atoms with van der Waals surface area (Å²) in [5, 5.41) is 41.0. The molecule has 51 heavy (non-hydrogen) atoms. The highest BCUT2D eigenvalue weighted by Crippen LogP contribution is 2.35. The van der Waals surface area contributed by atoms with Crippen molar-refractivity contribution in [2.45, 2.75) is 26.7 Å². The van der Waals surface area contributed by atoms with Crippen LogP contribution in [0.3, 0.4) is 0 Å². The number of hydrogen-bond acceptors (Lipinski definition) is 10. The van der Waals surface area contributed by atoms with Gasteiger partial charge in [0.05, 0.1) is 60.6 Å². The van der Waals surface area contributed by atoms with E-state index in [4.69, 9.17) is 9.47 Å². The molecule has 0 N–H and O–H groups in total. The standard InChI is InChI=1S/C36H38N6O9/c1-21-29-31(25-19-23(50-3)7-9-27(25)37-21)35(45)38(33(29)43)11-5-13-41(48)15-17-42(49,18-16-41)14-6-12-39-34(44)30-22(2)40(47)28-10-8-24(51-4)20-26(28)32(30)36(39)46/h7-10,19-20H,5-6,11-18H2,1-4H3. The van der Waals surface area contributed by atoms with Gasteiger partial charge in [0, 0.05) is 44.3 Å². The Morgan fingerprint density at radius 1 is 0.706 bits per heavy atom. The lowest BCUT2D eigenvalue weighted by Crippen LogP contribution is -2.63. The van der Waals surface area contributed by atoms with Gasteiger partial charge in [0.1, 0.15) is 43.2 Å². The maximum Gasteiger partial charge on any atom is 0.267 e. The summed E-state index contributed by atoms with van der Waals surface area (Å²) in [6, 6.07) is 9.90. The van der Waals surface area contributed by atoms with Gasteiger partial charge < -0.3 is 34.4 Å². The monoisotopic (exact) mass is 698 g/mol.